The van der Waals surface area contributed by atoms with E-state index in [1.807, 2.05) is 12.3 Å². The second-order valence-electron chi connectivity index (χ2n) is 8.62. The van der Waals surface area contributed by atoms with E-state index < -0.39 is 0 Å². The Balaban J connectivity index is 1.81. The first-order valence-corrected chi connectivity index (χ1v) is 11.1. The van der Waals surface area contributed by atoms with Gasteiger partial charge in [-0.15, -0.1) is 0 Å². The van der Waals surface area contributed by atoms with E-state index in [0.29, 0.717) is 12.1 Å². The van der Waals surface area contributed by atoms with Gasteiger partial charge in [-0.05, 0) is 76.5 Å². The van der Waals surface area contributed by atoms with E-state index in [9.17, 15) is 0 Å². The Bertz CT molecular complexity index is 836. The number of nitrogens with one attached hydrogen (secondary N) is 1. The van der Waals surface area contributed by atoms with E-state index in [0.717, 1.165) is 10.8 Å². The van der Waals surface area contributed by atoms with Gasteiger partial charge in [-0.3, -0.25) is 4.98 Å². The average molecular weight is 397 g/mol. The van der Waals surface area contributed by atoms with Gasteiger partial charge in [0.25, 0.3) is 0 Å². The van der Waals surface area contributed by atoms with Crippen molar-refractivity contribution in [2.45, 2.75) is 84.0 Å². The molecule has 28 heavy (non-hydrogen) atoms. The molecule has 1 N–H and O–H groups in total. The van der Waals surface area contributed by atoms with Crippen LogP contribution in [-0.4, -0.2) is 25.6 Å². The maximum absolute atomic E-state index is 5.89. The number of pyridine rings is 1. The second kappa shape index (κ2) is 7.86. The van der Waals surface area contributed by atoms with Gasteiger partial charge in [0.15, 0.2) is 5.11 Å². The lowest BCUT2D eigenvalue weighted by Crippen LogP contribution is -2.40. The standard InChI is InChI=1S/C23H32N4S/c1-15(2)26-16(3)14-19(17(26)4)22-21(20-12-8-9-13-24-20)25-23(28)27(22)18-10-6-5-7-11-18/h8-9,12-15,18,21-22H,5-7,10-11H2,1-4H3,(H,25,28)/t21-,22+/m0/s1. The Morgan fingerprint density at radius 3 is 2.50 bits per heavy atom. The third kappa shape index (κ3) is 3.34. The Morgan fingerprint density at radius 1 is 1.14 bits per heavy atom. The molecule has 0 bridgehead atoms. The fourth-order valence-electron chi connectivity index (χ4n) is 5.35. The quantitative estimate of drug-likeness (QED) is 0.703. The third-order valence-electron chi connectivity index (χ3n) is 6.46. The molecule has 4 nitrogen and oxygen atoms in total. The predicted octanol–water partition coefficient (Wildman–Crippen LogP) is 5.39. The smallest absolute Gasteiger partial charge is 0.170 e. The summed E-state index contributed by atoms with van der Waals surface area (Å²) in [6, 6.07) is 9.82. The summed E-state index contributed by atoms with van der Waals surface area (Å²) in [5, 5.41) is 4.53. The highest BCUT2D eigenvalue weighted by atomic mass is 32.1. The van der Waals surface area contributed by atoms with Gasteiger partial charge < -0.3 is 14.8 Å². The van der Waals surface area contributed by atoms with Crippen molar-refractivity contribution >= 4 is 17.3 Å². The molecule has 0 aromatic carbocycles. The fraction of sp³-hybridized carbons (Fsp3) is 0.565. The topological polar surface area (TPSA) is 33.1 Å². The molecule has 2 fully saturated rings. The molecule has 0 spiro atoms. The molecule has 5 heteroatoms. The summed E-state index contributed by atoms with van der Waals surface area (Å²) in [6.07, 6.45) is 8.30. The van der Waals surface area contributed by atoms with Crippen molar-refractivity contribution in [2.75, 3.05) is 0 Å². The van der Waals surface area contributed by atoms with Crippen LogP contribution in [0.3, 0.4) is 0 Å². The first-order valence-electron chi connectivity index (χ1n) is 10.7. The number of thiocarbonyl (C=S) groups is 1. The molecule has 2 aliphatic rings. The number of hydrogen-bond donors (Lipinski definition) is 1. The Labute approximate surface area is 174 Å². The molecular formula is C23H32N4S. The highest BCUT2D eigenvalue weighted by Gasteiger charge is 2.44. The largest absolute Gasteiger partial charge is 0.352 e. The average Bonchev–Trinajstić information content (AvgIpc) is 3.18. The first-order chi connectivity index (χ1) is 13.5. The zero-order valence-electron chi connectivity index (χ0n) is 17.5. The van der Waals surface area contributed by atoms with Crippen LogP contribution < -0.4 is 5.32 Å². The van der Waals surface area contributed by atoms with Crippen LogP contribution in [0.5, 0.6) is 0 Å². The molecule has 0 unspecified atom stereocenters. The molecule has 150 valence electrons. The summed E-state index contributed by atoms with van der Waals surface area (Å²) in [4.78, 5) is 7.20. The lowest BCUT2D eigenvalue weighted by atomic mass is 9.90. The Hall–Kier alpha value is -1.88. The molecule has 1 saturated heterocycles. The van der Waals surface area contributed by atoms with Crippen LogP contribution in [0, 0.1) is 13.8 Å². The van der Waals surface area contributed by atoms with Crippen molar-refractivity contribution in [2.24, 2.45) is 0 Å². The van der Waals surface area contributed by atoms with Crippen molar-refractivity contribution in [1.82, 2.24) is 19.8 Å². The van der Waals surface area contributed by atoms with E-state index >= 15 is 0 Å². The highest BCUT2D eigenvalue weighted by Crippen LogP contribution is 2.44. The van der Waals surface area contributed by atoms with Crippen LogP contribution in [0.25, 0.3) is 0 Å². The van der Waals surface area contributed by atoms with Crippen molar-refractivity contribution in [1.29, 1.82) is 0 Å². The minimum Gasteiger partial charge on any atom is -0.352 e. The van der Waals surface area contributed by atoms with E-state index in [1.165, 1.54) is 49.1 Å². The minimum atomic E-state index is 0.0942. The lowest BCUT2D eigenvalue weighted by Gasteiger charge is -2.37. The highest BCUT2D eigenvalue weighted by molar-refractivity contribution is 7.80. The van der Waals surface area contributed by atoms with Crippen LogP contribution in [0.4, 0.5) is 0 Å². The molecule has 1 saturated carbocycles. The molecular weight excluding hydrogens is 364 g/mol. The molecule has 1 aliphatic carbocycles. The van der Waals surface area contributed by atoms with Crippen LogP contribution in [-0.2, 0) is 0 Å². The van der Waals surface area contributed by atoms with Gasteiger partial charge in [-0.1, -0.05) is 25.3 Å². The summed E-state index contributed by atoms with van der Waals surface area (Å²) in [7, 11) is 0. The van der Waals surface area contributed by atoms with Crippen molar-refractivity contribution in [3.8, 4) is 0 Å². The molecule has 0 amide bonds. The lowest BCUT2D eigenvalue weighted by molar-refractivity contribution is 0.196. The first kappa shape index (κ1) is 19.4. The van der Waals surface area contributed by atoms with E-state index in [2.05, 4.69) is 65.7 Å². The van der Waals surface area contributed by atoms with Gasteiger partial charge >= 0.3 is 0 Å². The number of aryl methyl sites for hydroxylation is 1. The number of aromatic nitrogens is 2. The normalized spacial score (nSPS) is 23.5. The van der Waals surface area contributed by atoms with E-state index in [-0.39, 0.29) is 12.1 Å². The Morgan fingerprint density at radius 2 is 1.89 bits per heavy atom. The van der Waals surface area contributed by atoms with Crippen molar-refractivity contribution < 1.29 is 0 Å². The maximum atomic E-state index is 5.89. The number of nitrogens with zero attached hydrogens (tertiary/aromatic N) is 3. The second-order valence-corrected chi connectivity index (χ2v) is 9.00. The van der Waals surface area contributed by atoms with Gasteiger partial charge in [0.1, 0.15) is 0 Å². The summed E-state index contributed by atoms with van der Waals surface area (Å²) in [6.45, 7) is 9.00. The van der Waals surface area contributed by atoms with Gasteiger partial charge in [-0.2, -0.15) is 0 Å². The van der Waals surface area contributed by atoms with Crippen LogP contribution in [0.1, 0.15) is 86.7 Å². The minimum absolute atomic E-state index is 0.0942. The molecule has 2 aromatic rings. The molecule has 4 rings (SSSR count). The van der Waals surface area contributed by atoms with Gasteiger partial charge in [0.05, 0.1) is 17.8 Å². The summed E-state index contributed by atoms with van der Waals surface area (Å²) in [5.41, 5.74) is 5.14. The maximum Gasteiger partial charge on any atom is 0.170 e. The summed E-state index contributed by atoms with van der Waals surface area (Å²) < 4.78 is 2.45. The molecule has 2 aromatic heterocycles. The van der Waals surface area contributed by atoms with Crippen LogP contribution >= 0.6 is 12.2 Å². The zero-order valence-corrected chi connectivity index (χ0v) is 18.3. The molecule has 1 aliphatic heterocycles. The third-order valence-corrected chi connectivity index (χ3v) is 6.79. The van der Waals surface area contributed by atoms with Gasteiger partial charge in [-0.25, -0.2) is 0 Å². The summed E-state index contributed by atoms with van der Waals surface area (Å²) in [5.74, 6) is 0. The molecule has 3 heterocycles. The predicted molar refractivity (Wildman–Crippen MR) is 118 cm³/mol. The van der Waals surface area contributed by atoms with Crippen LogP contribution in [0.2, 0.25) is 0 Å². The monoisotopic (exact) mass is 396 g/mol. The van der Waals surface area contributed by atoms with Crippen molar-refractivity contribution in [3.05, 3.63) is 53.1 Å². The van der Waals surface area contributed by atoms with Crippen LogP contribution in [0.15, 0.2) is 30.5 Å². The number of rotatable bonds is 4. The number of hydrogen-bond acceptors (Lipinski definition) is 2. The SMILES string of the molecule is Cc1cc([C@@H]2[C@H](c3ccccn3)NC(=S)N2C2CCCCC2)c(C)n1C(C)C. The Kier molecular flexibility index (Phi) is 5.46. The summed E-state index contributed by atoms with van der Waals surface area (Å²) >= 11 is 5.89. The molecule has 0 radical (unpaired) electrons. The van der Waals surface area contributed by atoms with Gasteiger partial charge in [0.2, 0.25) is 0 Å². The fourth-order valence-corrected chi connectivity index (χ4v) is 5.74. The van der Waals surface area contributed by atoms with Crippen molar-refractivity contribution in [3.63, 3.8) is 0 Å². The van der Waals surface area contributed by atoms with E-state index in [4.69, 9.17) is 12.2 Å². The molecule has 2 atom stereocenters. The van der Waals surface area contributed by atoms with Gasteiger partial charge in [0, 0.05) is 29.7 Å². The zero-order chi connectivity index (χ0) is 19.8. The van der Waals surface area contributed by atoms with E-state index in [1.54, 1.807) is 0 Å².